The maximum absolute atomic E-state index is 11.4. The molecule has 3 N–H and O–H groups in total. The summed E-state index contributed by atoms with van der Waals surface area (Å²) in [6.07, 6.45) is 1.98. The van der Waals surface area contributed by atoms with E-state index in [1.165, 1.54) is 11.1 Å². The van der Waals surface area contributed by atoms with Crippen LogP contribution in [0.5, 0.6) is 0 Å². The molecule has 0 saturated heterocycles. The first-order valence-electron chi connectivity index (χ1n) is 4.83. The molecule has 1 aromatic rings. The summed E-state index contributed by atoms with van der Waals surface area (Å²) in [6, 6.07) is 5.91. The lowest BCUT2D eigenvalue weighted by Crippen LogP contribution is -2.18. The van der Waals surface area contributed by atoms with Crippen LogP contribution in [0.15, 0.2) is 18.2 Å². The average molecular weight is 190 g/mol. The van der Waals surface area contributed by atoms with Crippen molar-refractivity contribution in [2.24, 2.45) is 5.73 Å². The maximum atomic E-state index is 11.4. The summed E-state index contributed by atoms with van der Waals surface area (Å²) in [5, 5.41) is 2.61. The fraction of sp³-hybridized carbons (Fsp3) is 0.364. The van der Waals surface area contributed by atoms with Crippen molar-refractivity contribution >= 4 is 5.91 Å². The van der Waals surface area contributed by atoms with E-state index in [1.54, 1.807) is 7.05 Å². The molecule has 1 aliphatic rings. The van der Waals surface area contributed by atoms with Crippen LogP contribution in [-0.2, 0) is 6.42 Å². The fourth-order valence-electron chi connectivity index (χ4n) is 1.94. The Hall–Kier alpha value is -1.35. The van der Waals surface area contributed by atoms with Crippen molar-refractivity contribution in [1.29, 1.82) is 0 Å². The van der Waals surface area contributed by atoms with Gasteiger partial charge in [-0.05, 0) is 36.1 Å². The Morgan fingerprint density at radius 1 is 1.57 bits per heavy atom. The third-order valence-electron chi connectivity index (χ3n) is 2.76. The van der Waals surface area contributed by atoms with Crippen molar-refractivity contribution in [1.82, 2.24) is 5.32 Å². The van der Waals surface area contributed by atoms with E-state index >= 15 is 0 Å². The number of carbonyl (C=O) groups is 1. The monoisotopic (exact) mass is 190 g/mol. The molecule has 1 aromatic carbocycles. The van der Waals surface area contributed by atoms with E-state index in [2.05, 4.69) is 5.32 Å². The first kappa shape index (κ1) is 9.21. The van der Waals surface area contributed by atoms with Gasteiger partial charge in [0.1, 0.15) is 0 Å². The second-order valence-corrected chi connectivity index (χ2v) is 3.64. The Kier molecular flexibility index (Phi) is 2.25. The Morgan fingerprint density at radius 3 is 3.07 bits per heavy atom. The molecule has 0 heterocycles. The molecule has 1 atom stereocenters. The molecule has 2 rings (SSSR count). The predicted octanol–water partition coefficient (Wildman–Crippen LogP) is 0.992. The third kappa shape index (κ3) is 1.40. The minimum atomic E-state index is -0.0340. The van der Waals surface area contributed by atoms with Gasteiger partial charge in [-0.2, -0.15) is 0 Å². The summed E-state index contributed by atoms with van der Waals surface area (Å²) >= 11 is 0. The van der Waals surface area contributed by atoms with Crippen LogP contribution in [0.1, 0.15) is 33.9 Å². The smallest absolute Gasteiger partial charge is 0.251 e. The number of nitrogens with one attached hydrogen (secondary N) is 1. The molecular formula is C11H14N2O. The number of benzene rings is 1. The highest BCUT2D eigenvalue weighted by atomic mass is 16.1. The lowest BCUT2D eigenvalue weighted by molar-refractivity contribution is 0.0963. The quantitative estimate of drug-likeness (QED) is 0.694. The Morgan fingerprint density at radius 2 is 2.36 bits per heavy atom. The first-order valence-corrected chi connectivity index (χ1v) is 4.83. The minimum absolute atomic E-state index is 0.0340. The summed E-state index contributed by atoms with van der Waals surface area (Å²) in [7, 11) is 1.64. The van der Waals surface area contributed by atoms with Crippen LogP contribution in [0.2, 0.25) is 0 Å². The summed E-state index contributed by atoms with van der Waals surface area (Å²) in [4.78, 5) is 11.4. The molecule has 0 unspecified atom stereocenters. The SMILES string of the molecule is CNC(=O)c1ccc2c(c1)CC[C@H]2N. The predicted molar refractivity (Wildman–Crippen MR) is 55.1 cm³/mol. The van der Waals surface area contributed by atoms with Crippen LogP contribution in [0, 0.1) is 0 Å². The number of fused-ring (bicyclic) bond motifs is 1. The highest BCUT2D eigenvalue weighted by Gasteiger charge is 2.19. The van der Waals surface area contributed by atoms with E-state index in [0.29, 0.717) is 0 Å². The zero-order valence-corrected chi connectivity index (χ0v) is 8.21. The zero-order chi connectivity index (χ0) is 10.1. The number of carbonyl (C=O) groups excluding carboxylic acids is 1. The number of hydrogen-bond donors (Lipinski definition) is 2. The van der Waals surface area contributed by atoms with E-state index in [0.717, 1.165) is 18.4 Å². The molecule has 0 bridgehead atoms. The van der Waals surface area contributed by atoms with Crippen LogP contribution >= 0.6 is 0 Å². The van der Waals surface area contributed by atoms with Gasteiger partial charge >= 0.3 is 0 Å². The molecule has 14 heavy (non-hydrogen) atoms. The molecule has 1 amide bonds. The van der Waals surface area contributed by atoms with Crippen molar-refractivity contribution in [2.75, 3.05) is 7.05 Å². The first-order chi connectivity index (χ1) is 6.72. The molecule has 3 heteroatoms. The van der Waals surface area contributed by atoms with Gasteiger partial charge in [0.2, 0.25) is 0 Å². The lowest BCUT2D eigenvalue weighted by atomic mass is 10.0. The van der Waals surface area contributed by atoms with Crippen LogP contribution in [0.4, 0.5) is 0 Å². The Labute approximate surface area is 83.3 Å². The van der Waals surface area contributed by atoms with Crippen molar-refractivity contribution in [2.45, 2.75) is 18.9 Å². The van der Waals surface area contributed by atoms with E-state index in [9.17, 15) is 4.79 Å². The van der Waals surface area contributed by atoms with E-state index in [4.69, 9.17) is 5.73 Å². The lowest BCUT2D eigenvalue weighted by Gasteiger charge is -2.06. The number of hydrogen-bond acceptors (Lipinski definition) is 2. The molecule has 0 saturated carbocycles. The van der Waals surface area contributed by atoms with Gasteiger partial charge in [-0.25, -0.2) is 0 Å². The molecule has 0 aromatic heterocycles. The van der Waals surface area contributed by atoms with Gasteiger partial charge in [-0.3, -0.25) is 4.79 Å². The number of rotatable bonds is 1. The van der Waals surface area contributed by atoms with E-state index < -0.39 is 0 Å². The number of amides is 1. The summed E-state index contributed by atoms with van der Waals surface area (Å²) in [6.45, 7) is 0. The topological polar surface area (TPSA) is 55.1 Å². The summed E-state index contributed by atoms with van der Waals surface area (Å²) < 4.78 is 0. The van der Waals surface area contributed by atoms with Gasteiger partial charge in [0.25, 0.3) is 5.91 Å². The van der Waals surface area contributed by atoms with Gasteiger partial charge < -0.3 is 11.1 Å². The Balaban J connectivity index is 2.37. The van der Waals surface area contributed by atoms with Crippen molar-refractivity contribution < 1.29 is 4.79 Å². The number of aryl methyl sites for hydroxylation is 1. The molecule has 0 spiro atoms. The van der Waals surface area contributed by atoms with Crippen LogP contribution < -0.4 is 11.1 Å². The average Bonchev–Trinajstić information content (AvgIpc) is 2.59. The Bertz CT molecular complexity index is 374. The zero-order valence-electron chi connectivity index (χ0n) is 8.21. The molecule has 0 aliphatic heterocycles. The standard InChI is InChI=1S/C11H14N2O/c1-13-11(14)8-2-4-9-7(6-8)3-5-10(9)12/h2,4,6,10H,3,5,12H2,1H3,(H,13,14)/t10-/m1/s1. The van der Waals surface area contributed by atoms with E-state index in [-0.39, 0.29) is 11.9 Å². The highest BCUT2D eigenvalue weighted by molar-refractivity contribution is 5.94. The summed E-state index contributed by atoms with van der Waals surface area (Å²) in [5.41, 5.74) is 9.04. The van der Waals surface area contributed by atoms with Gasteiger partial charge in [-0.15, -0.1) is 0 Å². The molecule has 1 aliphatic carbocycles. The summed E-state index contributed by atoms with van der Waals surface area (Å²) in [5.74, 6) is -0.0340. The second-order valence-electron chi connectivity index (χ2n) is 3.64. The van der Waals surface area contributed by atoms with Crippen molar-refractivity contribution in [3.8, 4) is 0 Å². The van der Waals surface area contributed by atoms with Gasteiger partial charge in [-0.1, -0.05) is 6.07 Å². The molecule has 0 fully saturated rings. The third-order valence-corrected chi connectivity index (χ3v) is 2.76. The maximum Gasteiger partial charge on any atom is 0.251 e. The molecule has 3 nitrogen and oxygen atoms in total. The molecule has 0 radical (unpaired) electrons. The largest absolute Gasteiger partial charge is 0.355 e. The van der Waals surface area contributed by atoms with Crippen LogP contribution in [0.3, 0.4) is 0 Å². The minimum Gasteiger partial charge on any atom is -0.355 e. The fourth-order valence-corrected chi connectivity index (χ4v) is 1.94. The van der Waals surface area contributed by atoms with E-state index in [1.807, 2.05) is 18.2 Å². The number of nitrogens with two attached hydrogens (primary N) is 1. The highest BCUT2D eigenvalue weighted by Crippen LogP contribution is 2.29. The van der Waals surface area contributed by atoms with Crippen molar-refractivity contribution in [3.05, 3.63) is 34.9 Å². The van der Waals surface area contributed by atoms with Gasteiger partial charge in [0.15, 0.2) is 0 Å². The molecular weight excluding hydrogens is 176 g/mol. The normalized spacial score (nSPS) is 19.1. The van der Waals surface area contributed by atoms with Crippen LogP contribution in [0.25, 0.3) is 0 Å². The van der Waals surface area contributed by atoms with Gasteiger partial charge in [0, 0.05) is 18.7 Å². The second kappa shape index (κ2) is 3.42. The molecule has 74 valence electrons. The van der Waals surface area contributed by atoms with Crippen molar-refractivity contribution in [3.63, 3.8) is 0 Å². The van der Waals surface area contributed by atoms with Gasteiger partial charge in [0.05, 0.1) is 0 Å². The van der Waals surface area contributed by atoms with Crippen LogP contribution in [-0.4, -0.2) is 13.0 Å².